The van der Waals surface area contributed by atoms with Crippen molar-refractivity contribution in [2.45, 2.75) is 13.3 Å². The van der Waals surface area contributed by atoms with Crippen LogP contribution in [0.3, 0.4) is 0 Å². The summed E-state index contributed by atoms with van der Waals surface area (Å²) in [5.74, 6) is -0.147. The Hall–Kier alpha value is -2.87. The first kappa shape index (κ1) is 23.8. The van der Waals surface area contributed by atoms with Gasteiger partial charge >= 0.3 is 0 Å². The predicted molar refractivity (Wildman–Crippen MR) is 127 cm³/mol. The highest BCUT2D eigenvalue weighted by atomic mass is 32.2. The molecule has 0 unspecified atom stereocenters. The molecule has 1 amide bonds. The van der Waals surface area contributed by atoms with Crippen molar-refractivity contribution in [1.82, 2.24) is 4.90 Å². The van der Waals surface area contributed by atoms with Crippen molar-refractivity contribution in [2.24, 2.45) is 10.7 Å². The number of thioether (sulfide) groups is 1. The van der Waals surface area contributed by atoms with E-state index in [1.54, 1.807) is 35.8 Å². The molecule has 0 fully saturated rings. The molecule has 2 N–H and O–H groups in total. The van der Waals surface area contributed by atoms with E-state index >= 15 is 0 Å². The first-order valence-electron chi connectivity index (χ1n) is 10.3. The number of benzene rings is 2. The average molecular weight is 460 g/mol. The van der Waals surface area contributed by atoms with E-state index < -0.39 is 11.6 Å². The summed E-state index contributed by atoms with van der Waals surface area (Å²) in [5.41, 5.74) is 8.12. The van der Waals surface area contributed by atoms with E-state index in [0.29, 0.717) is 47.7 Å². The smallest absolute Gasteiger partial charge is 0.257 e. The highest BCUT2D eigenvalue weighted by Crippen LogP contribution is 2.30. The van der Waals surface area contributed by atoms with Gasteiger partial charge in [0.1, 0.15) is 24.0 Å². The maximum absolute atomic E-state index is 14.9. The van der Waals surface area contributed by atoms with Gasteiger partial charge in [-0.15, -0.1) is 0 Å². The molecule has 1 aliphatic rings. The molecule has 5 nitrogen and oxygen atoms in total. The van der Waals surface area contributed by atoms with Crippen molar-refractivity contribution in [3.05, 3.63) is 69.9 Å². The third-order valence-corrected chi connectivity index (χ3v) is 6.02. The van der Waals surface area contributed by atoms with Crippen LogP contribution in [0.25, 0.3) is 5.57 Å². The van der Waals surface area contributed by atoms with E-state index in [2.05, 4.69) is 4.99 Å². The Kier molecular flexibility index (Phi) is 7.90. The van der Waals surface area contributed by atoms with Crippen molar-refractivity contribution >= 4 is 29.5 Å². The van der Waals surface area contributed by atoms with Gasteiger partial charge < -0.3 is 15.4 Å². The largest absolute Gasteiger partial charge is 0.491 e. The van der Waals surface area contributed by atoms with Crippen LogP contribution < -0.4 is 10.5 Å². The summed E-state index contributed by atoms with van der Waals surface area (Å²) in [6.45, 7) is 3.38. The van der Waals surface area contributed by atoms with Crippen molar-refractivity contribution in [3.63, 3.8) is 0 Å². The van der Waals surface area contributed by atoms with E-state index in [1.165, 1.54) is 24.5 Å². The number of ether oxygens (including phenoxy) is 1. The molecule has 0 atom stereocenters. The second-order valence-corrected chi connectivity index (χ2v) is 8.50. The average Bonchev–Trinajstić information content (AvgIpc) is 2.91. The number of nitrogens with two attached hydrogens (primary N) is 1. The zero-order valence-corrected chi connectivity index (χ0v) is 19.3. The topological polar surface area (TPSA) is 67.9 Å². The van der Waals surface area contributed by atoms with Gasteiger partial charge in [0.2, 0.25) is 0 Å². The van der Waals surface area contributed by atoms with Gasteiger partial charge in [0, 0.05) is 49.3 Å². The van der Waals surface area contributed by atoms with Crippen LogP contribution in [0.1, 0.15) is 32.6 Å². The minimum Gasteiger partial charge on any atom is -0.491 e. The Labute approximate surface area is 191 Å². The van der Waals surface area contributed by atoms with Crippen LogP contribution in [0.2, 0.25) is 0 Å². The standard InChI is InChI=1S/C24H27F2N3O2S/c1-15-8-23-20(24(30)29(4-6-31-23)5-7-32-3)10-16(15)9-19-21(25)11-17(12-22(19)26)18(13-27)14-28-2/h8,10-14H,4-7,9,27H2,1-3H3/b18-13+,28-14?. The van der Waals surface area contributed by atoms with Gasteiger partial charge in [0.05, 0.1) is 12.1 Å². The predicted octanol–water partition coefficient (Wildman–Crippen LogP) is 4.06. The normalized spacial score (nSPS) is 14.5. The Balaban J connectivity index is 1.96. The summed E-state index contributed by atoms with van der Waals surface area (Å²) in [5, 5.41) is 0. The van der Waals surface area contributed by atoms with E-state index in [9.17, 15) is 13.6 Å². The van der Waals surface area contributed by atoms with Crippen LogP contribution >= 0.6 is 11.8 Å². The van der Waals surface area contributed by atoms with Gasteiger partial charge in [-0.05, 0) is 54.1 Å². The first-order valence-corrected chi connectivity index (χ1v) is 11.7. The Morgan fingerprint density at radius 2 is 2.00 bits per heavy atom. The van der Waals surface area contributed by atoms with Gasteiger partial charge in [0.15, 0.2) is 0 Å². The number of amides is 1. The molecule has 2 aromatic carbocycles. The monoisotopic (exact) mass is 459 g/mol. The van der Waals surface area contributed by atoms with Crippen LogP contribution in [0.4, 0.5) is 8.78 Å². The fourth-order valence-electron chi connectivity index (χ4n) is 3.64. The molecule has 2 aromatic rings. The highest BCUT2D eigenvalue weighted by Gasteiger charge is 2.25. The number of carbonyl (C=O) groups is 1. The number of aliphatic imine (C=N–C) groups is 1. The number of aryl methyl sites for hydroxylation is 1. The van der Waals surface area contributed by atoms with Crippen molar-refractivity contribution in [3.8, 4) is 5.75 Å². The second-order valence-electron chi connectivity index (χ2n) is 7.51. The third kappa shape index (κ3) is 5.12. The number of carbonyl (C=O) groups excluding carboxylic acids is 1. The summed E-state index contributed by atoms with van der Waals surface area (Å²) in [6.07, 6.45) is 4.70. The molecular weight excluding hydrogens is 432 g/mol. The molecule has 8 heteroatoms. The molecule has 0 aromatic heterocycles. The number of nitrogens with zero attached hydrogens (tertiary/aromatic N) is 2. The lowest BCUT2D eigenvalue weighted by atomic mass is 9.95. The molecule has 170 valence electrons. The summed E-state index contributed by atoms with van der Waals surface area (Å²) in [7, 11) is 1.55. The Morgan fingerprint density at radius 1 is 1.28 bits per heavy atom. The van der Waals surface area contributed by atoms with Crippen LogP contribution in [0.15, 0.2) is 35.5 Å². The molecule has 0 radical (unpaired) electrons. The lowest BCUT2D eigenvalue weighted by molar-refractivity contribution is 0.0766. The summed E-state index contributed by atoms with van der Waals surface area (Å²) in [4.78, 5) is 18.7. The highest BCUT2D eigenvalue weighted by molar-refractivity contribution is 7.98. The number of rotatable bonds is 7. The van der Waals surface area contributed by atoms with E-state index in [1.807, 2.05) is 13.2 Å². The SMILES string of the molecule is CN=C/C(=C\N)c1cc(F)c(Cc2cc3c(cc2C)OCCN(CCSC)C3=O)c(F)c1. The van der Waals surface area contributed by atoms with Gasteiger partial charge in [0.25, 0.3) is 5.91 Å². The zero-order valence-electron chi connectivity index (χ0n) is 18.5. The number of allylic oxidation sites excluding steroid dienone is 1. The molecule has 0 spiro atoms. The second kappa shape index (κ2) is 10.6. The van der Waals surface area contributed by atoms with Crippen molar-refractivity contribution < 1.29 is 18.3 Å². The Morgan fingerprint density at radius 3 is 2.62 bits per heavy atom. The molecule has 0 bridgehead atoms. The van der Waals surface area contributed by atoms with Gasteiger partial charge in [-0.2, -0.15) is 11.8 Å². The van der Waals surface area contributed by atoms with Gasteiger partial charge in [-0.25, -0.2) is 8.78 Å². The number of hydrogen-bond donors (Lipinski definition) is 1. The Bertz CT molecular complexity index is 1050. The molecule has 32 heavy (non-hydrogen) atoms. The van der Waals surface area contributed by atoms with E-state index in [0.717, 1.165) is 11.3 Å². The number of hydrogen-bond acceptors (Lipinski definition) is 5. The van der Waals surface area contributed by atoms with Crippen LogP contribution in [0, 0.1) is 18.6 Å². The molecule has 0 aliphatic carbocycles. The van der Waals surface area contributed by atoms with Crippen LogP contribution in [-0.2, 0) is 6.42 Å². The lowest BCUT2D eigenvalue weighted by Crippen LogP contribution is -2.34. The number of fused-ring (bicyclic) bond motifs is 1. The van der Waals surface area contributed by atoms with Crippen LogP contribution in [-0.4, -0.2) is 55.8 Å². The van der Waals surface area contributed by atoms with E-state index in [4.69, 9.17) is 10.5 Å². The zero-order chi connectivity index (χ0) is 23.3. The minimum absolute atomic E-state index is 0.0126. The first-order chi connectivity index (χ1) is 15.4. The summed E-state index contributed by atoms with van der Waals surface area (Å²) < 4.78 is 35.6. The summed E-state index contributed by atoms with van der Waals surface area (Å²) in [6, 6.07) is 5.97. The molecule has 1 heterocycles. The van der Waals surface area contributed by atoms with Gasteiger partial charge in [-0.3, -0.25) is 9.79 Å². The lowest BCUT2D eigenvalue weighted by Gasteiger charge is -2.19. The quantitative estimate of drug-likeness (QED) is 0.634. The van der Waals surface area contributed by atoms with E-state index in [-0.39, 0.29) is 17.9 Å². The summed E-state index contributed by atoms with van der Waals surface area (Å²) >= 11 is 1.67. The van der Waals surface area contributed by atoms with Crippen molar-refractivity contribution in [1.29, 1.82) is 0 Å². The maximum Gasteiger partial charge on any atom is 0.257 e. The minimum atomic E-state index is -0.678. The maximum atomic E-state index is 14.9. The molecule has 3 rings (SSSR count). The molecule has 0 saturated heterocycles. The number of halogens is 2. The fourth-order valence-corrected chi connectivity index (χ4v) is 4.04. The third-order valence-electron chi connectivity index (χ3n) is 5.43. The molecular formula is C24H27F2N3O2S. The molecule has 1 aliphatic heterocycles. The van der Waals surface area contributed by atoms with Crippen molar-refractivity contribution in [2.75, 3.05) is 38.8 Å². The van der Waals surface area contributed by atoms with Crippen LogP contribution in [0.5, 0.6) is 5.75 Å². The molecule has 0 saturated carbocycles. The van der Waals surface area contributed by atoms with Gasteiger partial charge in [-0.1, -0.05) is 0 Å². The fraction of sp³-hybridized carbons (Fsp3) is 0.333.